The quantitative estimate of drug-likeness (QED) is 0.437. The van der Waals surface area contributed by atoms with E-state index in [4.69, 9.17) is 13.9 Å². The zero-order valence-electron chi connectivity index (χ0n) is 19.8. The monoisotopic (exact) mass is 490 g/mol. The highest BCUT2D eigenvalue weighted by Crippen LogP contribution is 2.38. The van der Waals surface area contributed by atoms with Crippen molar-refractivity contribution in [2.75, 3.05) is 6.61 Å². The molecular weight excluding hydrogens is 456 g/mol. The molecule has 0 spiro atoms. The summed E-state index contributed by atoms with van der Waals surface area (Å²) in [5.74, 6) is -0.604. The van der Waals surface area contributed by atoms with Gasteiger partial charge in [-0.15, -0.1) is 0 Å². The predicted octanol–water partition coefficient (Wildman–Crippen LogP) is 4.47. The number of esters is 1. The van der Waals surface area contributed by atoms with Crippen molar-refractivity contribution in [3.63, 3.8) is 0 Å². The number of hydrogen-bond donors (Lipinski definition) is 2. The molecule has 2 aromatic carbocycles. The molecule has 8 heteroatoms. The molecule has 1 fully saturated rings. The van der Waals surface area contributed by atoms with Crippen molar-refractivity contribution in [1.29, 1.82) is 0 Å². The van der Waals surface area contributed by atoms with Gasteiger partial charge in [-0.3, -0.25) is 0 Å². The van der Waals surface area contributed by atoms with Crippen LogP contribution in [0.1, 0.15) is 31.1 Å². The lowest BCUT2D eigenvalue weighted by molar-refractivity contribution is -0.205. The van der Waals surface area contributed by atoms with E-state index >= 15 is 0 Å². The lowest BCUT2D eigenvalue weighted by atomic mass is 10.00. The molecule has 180 valence electrons. The molecule has 33 heavy (non-hydrogen) atoms. The van der Waals surface area contributed by atoms with Crippen molar-refractivity contribution in [3.8, 4) is 0 Å². The maximum atomic E-state index is 12.7. The molecule has 3 rings (SSSR count). The largest absolute Gasteiger partial charge is 0.453 e. The number of benzene rings is 2. The Bertz CT molecular complexity index is 902. The lowest BCUT2D eigenvalue weighted by Crippen LogP contribution is -2.60. The van der Waals surface area contributed by atoms with Crippen molar-refractivity contribution in [2.45, 2.75) is 73.7 Å². The molecule has 5 atom stereocenters. The molecule has 0 aliphatic carbocycles. The second kappa shape index (κ2) is 10.7. The van der Waals surface area contributed by atoms with Gasteiger partial charge in [-0.2, -0.15) is 0 Å². The first-order valence-electron chi connectivity index (χ1n) is 11.1. The van der Waals surface area contributed by atoms with Crippen molar-refractivity contribution >= 4 is 26.0 Å². The number of rotatable bonds is 7. The zero-order valence-corrected chi connectivity index (χ0v) is 21.6. The first-order valence-corrected chi connectivity index (χ1v) is 14.9. The number of hydrogen-bond acceptors (Lipinski definition) is 7. The Morgan fingerprint density at radius 2 is 1.58 bits per heavy atom. The third-order valence-corrected chi connectivity index (χ3v) is 12.0. The topological polar surface area (TPSA) is 85.2 Å². The first kappa shape index (κ1) is 25.9. The van der Waals surface area contributed by atoms with Gasteiger partial charge in [-0.1, -0.05) is 68.9 Å². The van der Waals surface area contributed by atoms with E-state index in [0.717, 1.165) is 4.90 Å². The Morgan fingerprint density at radius 1 is 1.00 bits per heavy atom. The molecule has 6 nitrogen and oxygen atoms in total. The van der Waals surface area contributed by atoms with Crippen LogP contribution in [-0.4, -0.2) is 61.0 Å². The highest BCUT2D eigenvalue weighted by molar-refractivity contribution is 7.99. The van der Waals surface area contributed by atoms with E-state index in [0.29, 0.717) is 5.56 Å². The van der Waals surface area contributed by atoms with E-state index in [-0.39, 0.29) is 11.6 Å². The van der Waals surface area contributed by atoms with Crippen molar-refractivity contribution in [2.24, 2.45) is 0 Å². The van der Waals surface area contributed by atoms with Gasteiger partial charge in [0.15, 0.2) is 14.4 Å². The Balaban J connectivity index is 1.81. The summed E-state index contributed by atoms with van der Waals surface area (Å²) >= 11 is 1.33. The fraction of sp³-hybridized carbons (Fsp3) is 0.480. The Hall–Kier alpha value is -1.68. The van der Waals surface area contributed by atoms with Gasteiger partial charge in [0.1, 0.15) is 23.7 Å². The van der Waals surface area contributed by atoms with Crippen LogP contribution in [0.2, 0.25) is 18.1 Å². The molecule has 0 bridgehead atoms. The van der Waals surface area contributed by atoms with Crippen molar-refractivity contribution in [1.82, 2.24) is 0 Å². The SMILES string of the molecule is CC(C)(C)[Si](C)(C)OC[C@H]1O[C@@H](Sc2ccccc2)[C@H](O)[C@@H](OC(=O)c2ccccc2)[C@H]1O. The van der Waals surface area contributed by atoms with Crippen LogP contribution in [0.5, 0.6) is 0 Å². The van der Waals surface area contributed by atoms with E-state index in [1.165, 1.54) is 11.8 Å². The highest BCUT2D eigenvalue weighted by Gasteiger charge is 2.48. The van der Waals surface area contributed by atoms with Gasteiger partial charge in [0, 0.05) is 4.90 Å². The third-order valence-electron chi connectivity index (χ3n) is 6.30. The molecule has 2 N–H and O–H groups in total. The number of aliphatic hydroxyl groups is 2. The standard InChI is InChI=1S/C25H34O6SSi/c1-25(2,3)33(4,5)29-16-19-20(26)22(31-23(28)17-12-8-6-9-13-17)21(27)24(30-19)32-18-14-10-7-11-15-18/h6-15,19-22,24,26-27H,16H2,1-5H3/t19-,20+,21-,22+,24+/m1/s1. The molecule has 0 radical (unpaired) electrons. The molecule has 0 saturated carbocycles. The molecular formula is C25H34O6SSi. The fourth-order valence-electron chi connectivity index (χ4n) is 3.18. The molecule has 1 aliphatic rings. The van der Waals surface area contributed by atoms with E-state index in [9.17, 15) is 15.0 Å². The van der Waals surface area contributed by atoms with Crippen molar-refractivity contribution < 1.29 is 28.9 Å². The number of carbonyl (C=O) groups excluding carboxylic acids is 1. The summed E-state index contributed by atoms with van der Waals surface area (Å²) in [6.45, 7) is 10.8. The van der Waals surface area contributed by atoms with Crippen LogP contribution >= 0.6 is 11.8 Å². The van der Waals surface area contributed by atoms with E-state index < -0.39 is 44.1 Å². The van der Waals surface area contributed by atoms with Crippen LogP contribution in [0, 0.1) is 0 Å². The number of carbonyl (C=O) groups is 1. The molecule has 0 unspecified atom stereocenters. The van der Waals surface area contributed by atoms with Gasteiger partial charge in [-0.05, 0) is 42.4 Å². The van der Waals surface area contributed by atoms with Gasteiger partial charge in [0.25, 0.3) is 0 Å². The Kier molecular flexibility index (Phi) is 8.42. The summed E-state index contributed by atoms with van der Waals surface area (Å²) in [5.41, 5.74) is -0.387. The zero-order chi connectivity index (χ0) is 24.2. The molecule has 2 aromatic rings. The van der Waals surface area contributed by atoms with Crippen LogP contribution in [0.3, 0.4) is 0 Å². The smallest absolute Gasteiger partial charge is 0.338 e. The average Bonchev–Trinajstić information content (AvgIpc) is 2.78. The van der Waals surface area contributed by atoms with Gasteiger partial charge in [0.05, 0.1) is 12.2 Å². The minimum absolute atomic E-state index is 0.0104. The van der Waals surface area contributed by atoms with Gasteiger partial charge >= 0.3 is 5.97 Å². The minimum atomic E-state index is -2.11. The average molecular weight is 491 g/mol. The molecule has 0 amide bonds. The highest BCUT2D eigenvalue weighted by atomic mass is 32.2. The lowest BCUT2D eigenvalue weighted by Gasteiger charge is -2.44. The summed E-state index contributed by atoms with van der Waals surface area (Å²) in [6.07, 6.45) is -4.36. The van der Waals surface area contributed by atoms with Gasteiger partial charge < -0.3 is 24.1 Å². The number of thioether (sulfide) groups is 1. The van der Waals surface area contributed by atoms with Crippen LogP contribution < -0.4 is 0 Å². The van der Waals surface area contributed by atoms with E-state index in [1.54, 1.807) is 30.3 Å². The summed E-state index contributed by atoms with van der Waals surface area (Å²) in [5, 5.41) is 22.0. The second-order valence-corrected chi connectivity index (χ2v) is 15.7. The number of aliphatic hydroxyl groups excluding tert-OH is 2. The minimum Gasteiger partial charge on any atom is -0.453 e. The van der Waals surface area contributed by atoms with E-state index in [1.807, 2.05) is 30.3 Å². The Morgan fingerprint density at radius 3 is 2.15 bits per heavy atom. The van der Waals surface area contributed by atoms with Crippen LogP contribution in [-0.2, 0) is 13.9 Å². The molecule has 1 heterocycles. The van der Waals surface area contributed by atoms with E-state index in [2.05, 4.69) is 33.9 Å². The summed E-state index contributed by atoms with van der Waals surface area (Å²) in [6, 6.07) is 18.1. The summed E-state index contributed by atoms with van der Waals surface area (Å²) in [7, 11) is -2.11. The van der Waals surface area contributed by atoms with Gasteiger partial charge in [-0.25, -0.2) is 4.79 Å². The molecule has 1 aliphatic heterocycles. The van der Waals surface area contributed by atoms with Crippen molar-refractivity contribution in [3.05, 3.63) is 66.2 Å². The second-order valence-electron chi connectivity index (χ2n) is 9.76. The number of ether oxygens (including phenoxy) is 2. The fourth-order valence-corrected chi connectivity index (χ4v) is 5.27. The first-order chi connectivity index (χ1) is 15.5. The molecule has 1 saturated heterocycles. The van der Waals surface area contributed by atoms with Crippen LogP contribution in [0.25, 0.3) is 0 Å². The normalized spacial score (nSPS) is 26.1. The van der Waals surface area contributed by atoms with Gasteiger partial charge in [0.2, 0.25) is 0 Å². The predicted molar refractivity (Wildman–Crippen MR) is 132 cm³/mol. The third kappa shape index (κ3) is 6.47. The molecule has 0 aromatic heterocycles. The maximum absolute atomic E-state index is 12.7. The Labute approximate surface area is 201 Å². The van der Waals surface area contributed by atoms with Crippen LogP contribution in [0.15, 0.2) is 65.6 Å². The van der Waals surface area contributed by atoms with Crippen LogP contribution in [0.4, 0.5) is 0 Å². The summed E-state index contributed by atoms with van der Waals surface area (Å²) < 4.78 is 18.0. The maximum Gasteiger partial charge on any atom is 0.338 e. The summed E-state index contributed by atoms with van der Waals surface area (Å²) in [4.78, 5) is 13.6.